The summed E-state index contributed by atoms with van der Waals surface area (Å²) in [6.45, 7) is 4.17. The lowest BCUT2D eigenvalue weighted by molar-refractivity contribution is -0.115. The lowest BCUT2D eigenvalue weighted by atomic mass is 10.2. The van der Waals surface area contributed by atoms with E-state index in [0.29, 0.717) is 25.5 Å². The maximum atomic E-state index is 11.7. The van der Waals surface area contributed by atoms with Crippen LogP contribution in [0.4, 0.5) is 5.69 Å². The predicted molar refractivity (Wildman–Crippen MR) is 78.4 cm³/mol. The summed E-state index contributed by atoms with van der Waals surface area (Å²) in [6, 6.07) is 5.40. The Labute approximate surface area is 119 Å². The number of benzene rings is 1. The number of carbonyl (C=O) groups excluding carboxylic acids is 1. The summed E-state index contributed by atoms with van der Waals surface area (Å²) in [5.74, 6) is 1.33. The molecule has 2 N–H and O–H groups in total. The van der Waals surface area contributed by atoms with Gasteiger partial charge in [0.05, 0.1) is 6.54 Å². The number of hydrogen-bond acceptors (Lipinski definition) is 4. The molecule has 0 aliphatic carbocycles. The first kappa shape index (κ1) is 14.4. The van der Waals surface area contributed by atoms with Gasteiger partial charge in [0.25, 0.3) is 0 Å². The van der Waals surface area contributed by atoms with Crippen LogP contribution in [0.15, 0.2) is 30.4 Å². The Morgan fingerprint density at radius 3 is 2.90 bits per heavy atom. The number of ether oxygens (including phenoxy) is 2. The van der Waals surface area contributed by atoms with Gasteiger partial charge in [-0.25, -0.2) is 0 Å². The number of hydrogen-bond donors (Lipinski definition) is 2. The number of amides is 1. The van der Waals surface area contributed by atoms with Crippen LogP contribution in [0.1, 0.15) is 13.3 Å². The molecule has 0 bridgehead atoms. The SMILES string of the molecule is C/C=C/CCNCC(=O)Nc1ccc2c(c1)OCCO2. The van der Waals surface area contributed by atoms with E-state index in [2.05, 4.69) is 16.7 Å². The Kier molecular flexibility index (Phi) is 5.43. The minimum atomic E-state index is -0.0674. The summed E-state index contributed by atoms with van der Waals surface area (Å²) in [5, 5.41) is 5.91. The van der Waals surface area contributed by atoms with Gasteiger partial charge >= 0.3 is 0 Å². The molecule has 0 spiro atoms. The van der Waals surface area contributed by atoms with Crippen molar-refractivity contribution in [3.63, 3.8) is 0 Å². The maximum absolute atomic E-state index is 11.7. The Hall–Kier alpha value is -2.01. The quantitative estimate of drug-likeness (QED) is 0.616. The van der Waals surface area contributed by atoms with Crippen molar-refractivity contribution >= 4 is 11.6 Å². The first-order chi connectivity index (χ1) is 9.79. The van der Waals surface area contributed by atoms with E-state index in [9.17, 15) is 4.79 Å². The van der Waals surface area contributed by atoms with Crippen molar-refractivity contribution in [3.8, 4) is 11.5 Å². The van der Waals surface area contributed by atoms with E-state index in [1.807, 2.05) is 25.1 Å². The Bertz CT molecular complexity index is 486. The van der Waals surface area contributed by atoms with Gasteiger partial charge in [-0.3, -0.25) is 4.79 Å². The molecular formula is C15H20N2O3. The second-order valence-corrected chi connectivity index (χ2v) is 4.44. The molecule has 1 aliphatic heterocycles. The van der Waals surface area contributed by atoms with Crippen LogP contribution in [-0.2, 0) is 4.79 Å². The topological polar surface area (TPSA) is 59.6 Å². The zero-order chi connectivity index (χ0) is 14.2. The van der Waals surface area contributed by atoms with Crippen LogP contribution >= 0.6 is 0 Å². The van der Waals surface area contributed by atoms with Crippen molar-refractivity contribution in [2.45, 2.75) is 13.3 Å². The van der Waals surface area contributed by atoms with E-state index in [1.54, 1.807) is 6.07 Å². The Balaban J connectivity index is 1.79. The molecule has 1 aromatic carbocycles. The van der Waals surface area contributed by atoms with E-state index >= 15 is 0 Å². The maximum Gasteiger partial charge on any atom is 0.238 e. The smallest absolute Gasteiger partial charge is 0.238 e. The highest BCUT2D eigenvalue weighted by molar-refractivity contribution is 5.92. The van der Waals surface area contributed by atoms with Crippen LogP contribution in [0.25, 0.3) is 0 Å². The second kappa shape index (κ2) is 7.55. The number of rotatable bonds is 6. The highest BCUT2D eigenvalue weighted by Crippen LogP contribution is 2.32. The van der Waals surface area contributed by atoms with Crippen molar-refractivity contribution in [2.24, 2.45) is 0 Å². The van der Waals surface area contributed by atoms with Crippen molar-refractivity contribution in [2.75, 3.05) is 31.6 Å². The molecule has 0 radical (unpaired) electrons. The van der Waals surface area contributed by atoms with E-state index in [0.717, 1.165) is 24.4 Å². The van der Waals surface area contributed by atoms with Crippen LogP contribution in [0.3, 0.4) is 0 Å². The van der Waals surface area contributed by atoms with Crippen molar-refractivity contribution in [3.05, 3.63) is 30.4 Å². The summed E-state index contributed by atoms with van der Waals surface area (Å²) in [6.07, 6.45) is 4.98. The molecule has 108 valence electrons. The molecule has 0 saturated heterocycles. The van der Waals surface area contributed by atoms with Gasteiger partial charge in [-0.2, -0.15) is 0 Å². The molecule has 1 amide bonds. The molecule has 0 saturated carbocycles. The lowest BCUT2D eigenvalue weighted by Crippen LogP contribution is -2.28. The van der Waals surface area contributed by atoms with Crippen LogP contribution < -0.4 is 20.1 Å². The van der Waals surface area contributed by atoms with Crippen LogP contribution in [0, 0.1) is 0 Å². The van der Waals surface area contributed by atoms with Gasteiger partial charge in [0.15, 0.2) is 11.5 Å². The summed E-state index contributed by atoms with van der Waals surface area (Å²) in [4.78, 5) is 11.7. The Morgan fingerprint density at radius 1 is 1.30 bits per heavy atom. The summed E-state index contributed by atoms with van der Waals surface area (Å²) >= 11 is 0. The third-order valence-electron chi connectivity index (χ3n) is 2.83. The summed E-state index contributed by atoms with van der Waals surface area (Å²) < 4.78 is 10.9. The molecule has 1 aromatic rings. The number of fused-ring (bicyclic) bond motifs is 1. The lowest BCUT2D eigenvalue weighted by Gasteiger charge is -2.19. The third kappa shape index (κ3) is 4.28. The summed E-state index contributed by atoms with van der Waals surface area (Å²) in [5.41, 5.74) is 0.717. The fourth-order valence-electron chi connectivity index (χ4n) is 1.88. The van der Waals surface area contributed by atoms with E-state index in [4.69, 9.17) is 9.47 Å². The molecular weight excluding hydrogens is 256 g/mol. The standard InChI is InChI=1S/C15H20N2O3/c1-2-3-4-7-16-11-15(18)17-12-5-6-13-14(10-12)20-9-8-19-13/h2-3,5-6,10,16H,4,7-9,11H2,1H3,(H,17,18)/b3-2+. The fourth-order valence-corrected chi connectivity index (χ4v) is 1.88. The van der Waals surface area contributed by atoms with Gasteiger partial charge in [-0.1, -0.05) is 12.2 Å². The van der Waals surface area contributed by atoms with E-state index in [1.165, 1.54) is 0 Å². The van der Waals surface area contributed by atoms with Crippen LogP contribution in [-0.4, -0.2) is 32.2 Å². The van der Waals surface area contributed by atoms with Gasteiger partial charge in [-0.15, -0.1) is 0 Å². The van der Waals surface area contributed by atoms with Gasteiger partial charge in [-0.05, 0) is 32.0 Å². The predicted octanol–water partition coefficient (Wildman–Crippen LogP) is 1.95. The molecule has 1 aliphatic rings. The molecule has 0 aromatic heterocycles. The zero-order valence-corrected chi connectivity index (χ0v) is 11.6. The minimum Gasteiger partial charge on any atom is -0.486 e. The second-order valence-electron chi connectivity index (χ2n) is 4.44. The molecule has 2 rings (SSSR count). The molecule has 5 nitrogen and oxygen atoms in total. The number of nitrogens with one attached hydrogen (secondary N) is 2. The highest BCUT2D eigenvalue weighted by Gasteiger charge is 2.12. The van der Waals surface area contributed by atoms with Crippen molar-refractivity contribution in [1.82, 2.24) is 5.32 Å². The monoisotopic (exact) mass is 276 g/mol. The van der Waals surface area contributed by atoms with Gasteiger partial charge in [0.1, 0.15) is 13.2 Å². The molecule has 0 fully saturated rings. The minimum absolute atomic E-state index is 0.0674. The first-order valence-electron chi connectivity index (χ1n) is 6.81. The average Bonchev–Trinajstić information content (AvgIpc) is 2.47. The highest BCUT2D eigenvalue weighted by atomic mass is 16.6. The molecule has 0 atom stereocenters. The number of allylic oxidation sites excluding steroid dienone is 1. The summed E-state index contributed by atoms with van der Waals surface area (Å²) in [7, 11) is 0. The van der Waals surface area contributed by atoms with Gasteiger partial charge < -0.3 is 20.1 Å². The Morgan fingerprint density at radius 2 is 2.10 bits per heavy atom. The van der Waals surface area contributed by atoms with Crippen LogP contribution in [0.2, 0.25) is 0 Å². The van der Waals surface area contributed by atoms with Crippen molar-refractivity contribution < 1.29 is 14.3 Å². The molecule has 20 heavy (non-hydrogen) atoms. The first-order valence-corrected chi connectivity index (χ1v) is 6.81. The van der Waals surface area contributed by atoms with Gasteiger partial charge in [0.2, 0.25) is 5.91 Å². The van der Waals surface area contributed by atoms with E-state index in [-0.39, 0.29) is 5.91 Å². The average molecular weight is 276 g/mol. The number of anilines is 1. The normalized spacial score (nSPS) is 13.4. The van der Waals surface area contributed by atoms with Crippen LogP contribution in [0.5, 0.6) is 11.5 Å². The third-order valence-corrected chi connectivity index (χ3v) is 2.83. The van der Waals surface area contributed by atoms with E-state index < -0.39 is 0 Å². The molecule has 1 heterocycles. The van der Waals surface area contributed by atoms with Gasteiger partial charge in [0, 0.05) is 11.8 Å². The molecule has 0 unspecified atom stereocenters. The molecule has 5 heteroatoms. The zero-order valence-electron chi connectivity index (χ0n) is 11.6. The van der Waals surface area contributed by atoms with Crippen molar-refractivity contribution in [1.29, 1.82) is 0 Å². The largest absolute Gasteiger partial charge is 0.486 e. The number of carbonyl (C=O) groups is 1. The fraction of sp³-hybridized carbons (Fsp3) is 0.400.